The number of rotatable bonds is 4. The molecule has 0 amide bonds. The molecular weight excluding hydrogens is 224 g/mol. The molecule has 0 fully saturated rings. The first-order chi connectivity index (χ1) is 7.81. The van der Waals surface area contributed by atoms with E-state index in [0.717, 1.165) is 24.2 Å². The molecule has 1 aromatic heterocycles. The van der Waals surface area contributed by atoms with E-state index in [1.165, 1.54) is 0 Å². The number of nitrogens with zero attached hydrogens (tertiary/aromatic N) is 3. The smallest absolute Gasteiger partial charge is 0.0886 e. The van der Waals surface area contributed by atoms with Crippen LogP contribution in [0.3, 0.4) is 0 Å². The Balaban J connectivity index is 2.29. The molecule has 16 heavy (non-hydrogen) atoms. The largest absolute Gasteiger partial charge is 0.330 e. The molecule has 0 radical (unpaired) electrons. The molecule has 0 bridgehead atoms. The maximum atomic E-state index is 5.95. The van der Waals surface area contributed by atoms with E-state index in [1.807, 2.05) is 28.9 Å². The minimum Gasteiger partial charge on any atom is -0.330 e. The number of benzene rings is 1. The van der Waals surface area contributed by atoms with Crippen LogP contribution in [0, 0.1) is 0 Å². The molecule has 0 saturated heterocycles. The lowest BCUT2D eigenvalue weighted by atomic mass is 10.2. The Morgan fingerprint density at radius 2 is 2.25 bits per heavy atom. The van der Waals surface area contributed by atoms with Crippen LogP contribution in [0.25, 0.3) is 11.3 Å². The van der Waals surface area contributed by atoms with E-state index in [4.69, 9.17) is 17.3 Å². The van der Waals surface area contributed by atoms with Gasteiger partial charge in [0.25, 0.3) is 0 Å². The molecule has 0 aliphatic heterocycles. The van der Waals surface area contributed by atoms with Crippen molar-refractivity contribution < 1.29 is 0 Å². The molecule has 5 heteroatoms. The molecule has 1 heterocycles. The van der Waals surface area contributed by atoms with Gasteiger partial charge in [-0.2, -0.15) is 0 Å². The number of aryl methyl sites for hydroxylation is 1. The quantitative estimate of drug-likeness (QED) is 0.883. The minimum absolute atomic E-state index is 0.648. The third-order valence-electron chi connectivity index (χ3n) is 2.31. The monoisotopic (exact) mass is 236 g/mol. The minimum atomic E-state index is 0.648. The maximum Gasteiger partial charge on any atom is 0.0886 e. The van der Waals surface area contributed by atoms with Crippen molar-refractivity contribution in [2.75, 3.05) is 6.54 Å². The summed E-state index contributed by atoms with van der Waals surface area (Å²) in [4.78, 5) is 0. The van der Waals surface area contributed by atoms with Crippen LogP contribution in [-0.2, 0) is 6.54 Å². The van der Waals surface area contributed by atoms with Gasteiger partial charge < -0.3 is 5.73 Å². The second-order valence-corrected chi connectivity index (χ2v) is 3.93. The van der Waals surface area contributed by atoms with Gasteiger partial charge in [-0.1, -0.05) is 28.9 Å². The molecule has 0 saturated carbocycles. The summed E-state index contributed by atoms with van der Waals surface area (Å²) in [5.41, 5.74) is 7.47. The summed E-state index contributed by atoms with van der Waals surface area (Å²) in [6.45, 7) is 1.42. The Kier molecular flexibility index (Phi) is 3.54. The van der Waals surface area contributed by atoms with Gasteiger partial charge >= 0.3 is 0 Å². The van der Waals surface area contributed by atoms with Gasteiger partial charge in [-0.25, -0.2) is 4.68 Å². The summed E-state index contributed by atoms with van der Waals surface area (Å²) in [6.07, 6.45) is 2.62. The van der Waals surface area contributed by atoms with Crippen LogP contribution in [0.15, 0.2) is 30.5 Å². The molecule has 4 nitrogen and oxygen atoms in total. The number of hydrogen-bond donors (Lipinski definition) is 1. The molecule has 0 spiro atoms. The van der Waals surface area contributed by atoms with E-state index in [0.29, 0.717) is 11.6 Å². The van der Waals surface area contributed by atoms with Crippen LogP contribution in [0.2, 0.25) is 5.02 Å². The molecule has 2 rings (SSSR count). The second kappa shape index (κ2) is 5.09. The highest BCUT2D eigenvalue weighted by Gasteiger charge is 2.06. The second-order valence-electron chi connectivity index (χ2n) is 3.49. The molecule has 1 aromatic carbocycles. The van der Waals surface area contributed by atoms with Crippen molar-refractivity contribution in [3.63, 3.8) is 0 Å². The van der Waals surface area contributed by atoms with Crippen molar-refractivity contribution in [3.05, 3.63) is 35.5 Å². The van der Waals surface area contributed by atoms with Crippen LogP contribution in [0.1, 0.15) is 6.42 Å². The van der Waals surface area contributed by atoms with E-state index < -0.39 is 0 Å². The van der Waals surface area contributed by atoms with E-state index in [1.54, 1.807) is 6.20 Å². The van der Waals surface area contributed by atoms with Crippen LogP contribution in [0.4, 0.5) is 0 Å². The van der Waals surface area contributed by atoms with E-state index in [2.05, 4.69) is 10.3 Å². The summed E-state index contributed by atoms with van der Waals surface area (Å²) in [5, 5.41) is 8.65. The zero-order valence-electron chi connectivity index (χ0n) is 8.81. The van der Waals surface area contributed by atoms with Gasteiger partial charge in [0.15, 0.2) is 0 Å². The topological polar surface area (TPSA) is 56.7 Å². The summed E-state index contributed by atoms with van der Waals surface area (Å²) in [6, 6.07) is 7.65. The van der Waals surface area contributed by atoms with Crippen LogP contribution < -0.4 is 5.73 Å². The molecule has 0 aliphatic rings. The molecule has 0 atom stereocenters. The van der Waals surface area contributed by atoms with E-state index in [9.17, 15) is 0 Å². The fourth-order valence-electron chi connectivity index (χ4n) is 1.54. The summed E-state index contributed by atoms with van der Waals surface area (Å²) in [7, 11) is 0. The van der Waals surface area contributed by atoms with Gasteiger partial charge in [0.1, 0.15) is 0 Å². The Morgan fingerprint density at radius 1 is 1.38 bits per heavy atom. The number of hydrogen-bond acceptors (Lipinski definition) is 3. The first-order valence-electron chi connectivity index (χ1n) is 5.16. The van der Waals surface area contributed by atoms with Gasteiger partial charge in [-0.15, -0.1) is 5.10 Å². The predicted octanol–water partition coefficient (Wildman–Crippen LogP) is 1.95. The van der Waals surface area contributed by atoms with Crippen molar-refractivity contribution in [1.29, 1.82) is 0 Å². The number of nitrogens with two attached hydrogens (primary N) is 1. The van der Waals surface area contributed by atoms with E-state index >= 15 is 0 Å². The normalized spacial score (nSPS) is 10.6. The van der Waals surface area contributed by atoms with Crippen molar-refractivity contribution in [2.24, 2.45) is 5.73 Å². The van der Waals surface area contributed by atoms with Crippen LogP contribution in [0.5, 0.6) is 0 Å². The highest BCUT2D eigenvalue weighted by Crippen LogP contribution is 2.21. The molecule has 2 N–H and O–H groups in total. The fraction of sp³-hybridized carbons (Fsp3) is 0.273. The highest BCUT2D eigenvalue weighted by molar-refractivity contribution is 6.30. The van der Waals surface area contributed by atoms with Gasteiger partial charge in [-0.05, 0) is 25.1 Å². The summed E-state index contributed by atoms with van der Waals surface area (Å²) in [5.74, 6) is 0. The van der Waals surface area contributed by atoms with Crippen molar-refractivity contribution in [3.8, 4) is 11.3 Å². The zero-order chi connectivity index (χ0) is 11.4. The Bertz CT molecular complexity index is 467. The summed E-state index contributed by atoms with van der Waals surface area (Å²) < 4.78 is 1.85. The molecule has 0 aliphatic carbocycles. The van der Waals surface area contributed by atoms with Crippen LogP contribution in [-0.4, -0.2) is 21.5 Å². The zero-order valence-corrected chi connectivity index (χ0v) is 9.56. The average Bonchev–Trinajstić information content (AvgIpc) is 2.74. The molecule has 2 aromatic rings. The van der Waals surface area contributed by atoms with Crippen molar-refractivity contribution >= 4 is 11.6 Å². The Hall–Kier alpha value is -1.39. The lowest BCUT2D eigenvalue weighted by molar-refractivity contribution is 0.569. The van der Waals surface area contributed by atoms with Gasteiger partial charge in [0.2, 0.25) is 0 Å². The lowest BCUT2D eigenvalue weighted by Gasteiger charge is -2.05. The van der Waals surface area contributed by atoms with Crippen molar-refractivity contribution in [2.45, 2.75) is 13.0 Å². The van der Waals surface area contributed by atoms with Crippen LogP contribution >= 0.6 is 11.6 Å². The fourth-order valence-corrected chi connectivity index (χ4v) is 1.73. The van der Waals surface area contributed by atoms with Gasteiger partial charge in [0.05, 0.1) is 11.9 Å². The Morgan fingerprint density at radius 3 is 3.00 bits per heavy atom. The summed E-state index contributed by atoms with van der Waals surface area (Å²) >= 11 is 5.95. The van der Waals surface area contributed by atoms with Crippen molar-refractivity contribution in [1.82, 2.24) is 15.0 Å². The standard InChI is InChI=1S/C11H13ClN4/c12-10-4-1-3-9(7-10)11-8-14-15-16(11)6-2-5-13/h1,3-4,7-8H,2,5-6,13H2. The third kappa shape index (κ3) is 2.40. The average molecular weight is 237 g/mol. The first kappa shape index (κ1) is 11.1. The third-order valence-corrected chi connectivity index (χ3v) is 2.55. The van der Waals surface area contributed by atoms with Gasteiger partial charge in [-0.3, -0.25) is 0 Å². The molecule has 0 unspecified atom stereocenters. The van der Waals surface area contributed by atoms with E-state index in [-0.39, 0.29) is 0 Å². The molecular formula is C11H13ClN4. The predicted molar refractivity (Wildman–Crippen MR) is 64.1 cm³/mol. The van der Waals surface area contributed by atoms with Gasteiger partial charge in [0, 0.05) is 17.1 Å². The first-order valence-corrected chi connectivity index (χ1v) is 5.53. The SMILES string of the molecule is NCCCn1nncc1-c1cccc(Cl)c1. The lowest BCUT2D eigenvalue weighted by Crippen LogP contribution is -2.08. The molecule has 84 valence electrons. The Labute approximate surface area is 99.0 Å². The number of halogens is 1. The highest BCUT2D eigenvalue weighted by atomic mass is 35.5. The number of aromatic nitrogens is 3. The maximum absolute atomic E-state index is 5.95.